The maximum Gasteiger partial charge on any atom is 1.00 e. The molecule has 1 unspecified atom stereocenters. The summed E-state index contributed by atoms with van der Waals surface area (Å²) in [5.41, 5.74) is 5.32. The largest absolute Gasteiger partial charge is 1.00 e. The zero-order valence-corrected chi connectivity index (χ0v) is 20.2. The molecule has 0 saturated carbocycles. The van der Waals surface area contributed by atoms with Gasteiger partial charge in [-0.15, -0.1) is 0 Å². The molecular formula is C23H38LiOP. The van der Waals surface area contributed by atoms with Gasteiger partial charge in [0.05, 0.1) is 0 Å². The fourth-order valence-corrected chi connectivity index (χ4v) is 3.80. The fraction of sp³-hybridized carbons (Fsp3) is 0.696. The number of benzene rings is 1. The van der Waals surface area contributed by atoms with Crippen LogP contribution in [-0.2, 0) is 16.2 Å². The van der Waals surface area contributed by atoms with Crippen LogP contribution in [0.1, 0.15) is 110 Å². The van der Waals surface area contributed by atoms with Gasteiger partial charge in [0, 0.05) is 5.52 Å². The first-order chi connectivity index (χ1) is 11.1. The maximum atomic E-state index is 13.3. The molecule has 1 aromatic carbocycles. The van der Waals surface area contributed by atoms with E-state index in [9.17, 15) is 4.79 Å². The van der Waals surface area contributed by atoms with E-state index in [1.807, 2.05) is 0 Å². The van der Waals surface area contributed by atoms with Crippen LogP contribution < -0.4 is 18.9 Å². The summed E-state index contributed by atoms with van der Waals surface area (Å²) in [4.78, 5) is 13.3. The van der Waals surface area contributed by atoms with Crippen molar-refractivity contribution in [3.63, 3.8) is 0 Å². The van der Waals surface area contributed by atoms with Gasteiger partial charge in [0.1, 0.15) is 0 Å². The average molecular weight is 368 g/mol. The molecule has 1 nitrogen and oxygen atoms in total. The Bertz CT molecular complexity index is 592. The van der Waals surface area contributed by atoms with E-state index >= 15 is 0 Å². The molecule has 0 radical (unpaired) electrons. The Morgan fingerprint density at radius 3 is 1.54 bits per heavy atom. The minimum absolute atomic E-state index is 0. The van der Waals surface area contributed by atoms with Crippen molar-refractivity contribution >= 4 is 14.1 Å². The van der Waals surface area contributed by atoms with Crippen molar-refractivity contribution in [2.45, 2.75) is 104 Å². The molecule has 0 aliphatic carbocycles. The summed E-state index contributed by atoms with van der Waals surface area (Å²) in [5, 5.41) is 0. The van der Waals surface area contributed by atoms with Gasteiger partial charge in [-0.1, -0.05) is 94.7 Å². The van der Waals surface area contributed by atoms with Crippen molar-refractivity contribution in [1.82, 2.24) is 0 Å². The molecule has 0 aliphatic rings. The molecule has 0 saturated heterocycles. The Morgan fingerprint density at radius 2 is 1.27 bits per heavy atom. The number of hydrogen-bond acceptors (Lipinski definition) is 1. The summed E-state index contributed by atoms with van der Waals surface area (Å²) < 4.78 is 0. The maximum absolute atomic E-state index is 13.3. The molecule has 1 rings (SSSR count). The summed E-state index contributed by atoms with van der Waals surface area (Å²) in [7, 11) is 0.920. The summed E-state index contributed by atoms with van der Waals surface area (Å²) in [5.74, 6) is 0. The predicted octanol–water partition coefficient (Wildman–Crippen LogP) is 4.47. The van der Waals surface area contributed by atoms with E-state index in [-0.39, 0.29) is 40.6 Å². The summed E-state index contributed by atoms with van der Waals surface area (Å²) >= 11 is 0. The molecule has 0 aromatic heterocycles. The summed E-state index contributed by atoms with van der Waals surface area (Å²) in [6, 6.07) is 4.57. The molecule has 0 amide bonds. The first kappa shape index (κ1) is 25.9. The fourth-order valence-electron chi connectivity index (χ4n) is 2.84. The second-order valence-corrected chi connectivity index (χ2v) is 11.9. The Labute approximate surface area is 176 Å². The van der Waals surface area contributed by atoms with Crippen LogP contribution in [0.4, 0.5) is 0 Å². The van der Waals surface area contributed by atoms with Crippen LogP contribution in [0.25, 0.3) is 0 Å². The zero-order chi connectivity index (χ0) is 19.8. The minimum atomic E-state index is -0.0583. The Kier molecular flexibility index (Phi) is 8.92. The third kappa shape index (κ3) is 6.51. The molecule has 3 heteroatoms. The van der Waals surface area contributed by atoms with Gasteiger partial charge < -0.3 is 13.4 Å². The van der Waals surface area contributed by atoms with Gasteiger partial charge >= 0.3 is 18.9 Å². The second kappa shape index (κ2) is 8.95. The van der Waals surface area contributed by atoms with Crippen molar-refractivity contribution in [3.05, 3.63) is 34.4 Å². The standard InChI is InChI=1S/C23H38OP.Li/c1-12-15(2)25-20(24)19-17(22(6,7)8)13-16(21(3,4)5)14-18(19)23(9,10)11;/h13-15H,12H2,1-11H3;/q-1;+1. The van der Waals surface area contributed by atoms with E-state index in [4.69, 9.17) is 0 Å². The van der Waals surface area contributed by atoms with Gasteiger partial charge in [-0.3, -0.25) is 0 Å². The van der Waals surface area contributed by atoms with E-state index in [1.165, 1.54) is 16.7 Å². The average Bonchev–Trinajstić information content (AvgIpc) is 2.42. The summed E-state index contributed by atoms with van der Waals surface area (Å²) in [6.45, 7) is 24.4. The quantitative estimate of drug-likeness (QED) is 0.566. The first-order valence-electron chi connectivity index (χ1n) is 9.53. The topological polar surface area (TPSA) is 17.1 Å². The van der Waals surface area contributed by atoms with Crippen LogP contribution in [-0.4, -0.2) is 11.2 Å². The Balaban J connectivity index is 0.00000625. The molecule has 0 N–H and O–H groups in total. The Hall–Kier alpha value is -0.0826. The van der Waals surface area contributed by atoms with Crippen molar-refractivity contribution in [2.75, 3.05) is 0 Å². The van der Waals surface area contributed by atoms with Crippen LogP contribution in [0.2, 0.25) is 0 Å². The van der Waals surface area contributed by atoms with Gasteiger partial charge in [-0.05, 0) is 38.5 Å². The van der Waals surface area contributed by atoms with Crippen molar-refractivity contribution in [3.8, 4) is 0 Å². The number of hydrogen-bond donors (Lipinski definition) is 0. The van der Waals surface area contributed by atoms with Gasteiger partial charge in [0.25, 0.3) is 0 Å². The van der Waals surface area contributed by atoms with Crippen LogP contribution in [0.3, 0.4) is 0 Å². The van der Waals surface area contributed by atoms with Crippen LogP contribution in [0.15, 0.2) is 12.1 Å². The molecule has 142 valence electrons. The third-order valence-electron chi connectivity index (χ3n) is 4.76. The van der Waals surface area contributed by atoms with Crippen molar-refractivity contribution in [1.29, 1.82) is 0 Å². The number of carbonyl (C=O) groups excluding carboxylic acids is 1. The second-order valence-electron chi connectivity index (χ2n) is 10.4. The number of rotatable bonds is 4. The van der Waals surface area contributed by atoms with E-state index in [2.05, 4.69) is 88.3 Å². The van der Waals surface area contributed by atoms with Crippen LogP contribution >= 0.6 is 8.58 Å². The van der Waals surface area contributed by atoms with E-state index in [0.717, 1.165) is 20.6 Å². The first-order valence-corrected chi connectivity index (χ1v) is 10.5. The smallest absolute Gasteiger partial charge is 0.457 e. The van der Waals surface area contributed by atoms with Crippen LogP contribution in [0, 0.1) is 0 Å². The van der Waals surface area contributed by atoms with E-state index in [0.29, 0.717) is 5.66 Å². The van der Waals surface area contributed by atoms with Gasteiger partial charge in [0.2, 0.25) is 0 Å². The molecule has 1 aromatic rings. The van der Waals surface area contributed by atoms with Gasteiger partial charge in [0.15, 0.2) is 0 Å². The molecule has 0 bridgehead atoms. The molecular weight excluding hydrogens is 330 g/mol. The SMILES string of the molecule is CCC(C)[P-]C(=O)c1c(C(C)(C)C)cc(C(C)(C)C)cc1C(C)(C)C.[Li+]. The third-order valence-corrected chi connectivity index (χ3v) is 6.03. The van der Waals surface area contributed by atoms with E-state index in [1.54, 1.807) is 0 Å². The normalized spacial score (nSPS) is 14.4. The molecule has 0 heterocycles. The molecule has 0 aliphatic heterocycles. The zero-order valence-electron chi connectivity index (χ0n) is 19.3. The van der Waals surface area contributed by atoms with Crippen LogP contribution in [0.5, 0.6) is 0 Å². The number of carbonyl (C=O) groups is 1. The Morgan fingerprint density at radius 1 is 0.885 bits per heavy atom. The molecule has 26 heavy (non-hydrogen) atoms. The summed E-state index contributed by atoms with van der Waals surface area (Å²) in [6.07, 6.45) is 1.03. The van der Waals surface area contributed by atoms with Crippen molar-refractivity contribution < 1.29 is 23.7 Å². The minimum Gasteiger partial charge on any atom is -0.457 e. The molecule has 1 atom stereocenters. The molecule has 0 fully saturated rings. The van der Waals surface area contributed by atoms with Gasteiger partial charge in [-0.25, -0.2) is 0 Å². The monoisotopic (exact) mass is 368 g/mol. The molecule has 0 spiro atoms. The van der Waals surface area contributed by atoms with E-state index < -0.39 is 0 Å². The van der Waals surface area contributed by atoms with Gasteiger partial charge in [-0.2, -0.15) is 5.66 Å². The van der Waals surface area contributed by atoms with Crippen molar-refractivity contribution in [2.24, 2.45) is 0 Å². The predicted molar refractivity (Wildman–Crippen MR) is 114 cm³/mol.